The molecule has 26 heavy (non-hydrogen) atoms. The highest BCUT2D eigenvalue weighted by Crippen LogP contribution is 2.31. The van der Waals surface area contributed by atoms with Gasteiger partial charge in [-0.05, 0) is 46.0 Å². The monoisotopic (exact) mass is 355 g/mol. The van der Waals surface area contributed by atoms with Crippen LogP contribution in [0.4, 0.5) is 0 Å². The number of hydrogen-bond donors (Lipinski definition) is 0. The van der Waals surface area contributed by atoms with Gasteiger partial charge in [0.15, 0.2) is 5.82 Å². The number of fused-ring (bicyclic) bond motifs is 1. The second-order valence-corrected chi connectivity index (χ2v) is 7.90. The lowest BCUT2D eigenvalue weighted by atomic mass is 9.89. The number of nitrogens with zero attached hydrogens (tertiary/aromatic N) is 5. The number of piperidine rings is 1. The fraction of sp³-hybridized carbons (Fsp3) is 0.700. The third kappa shape index (κ3) is 3.33. The molecule has 140 valence electrons. The van der Waals surface area contributed by atoms with Crippen LogP contribution in [0, 0.1) is 13.8 Å². The van der Waals surface area contributed by atoms with Crippen LogP contribution in [0.25, 0.3) is 5.78 Å². The van der Waals surface area contributed by atoms with E-state index >= 15 is 0 Å². The van der Waals surface area contributed by atoms with Gasteiger partial charge in [-0.3, -0.25) is 4.79 Å². The first-order valence-electron chi connectivity index (χ1n) is 10.1. The Morgan fingerprint density at radius 3 is 2.42 bits per heavy atom. The number of likely N-dealkylation sites (tertiary alicyclic amines) is 1. The van der Waals surface area contributed by atoms with Crippen LogP contribution in [-0.4, -0.2) is 43.5 Å². The molecule has 2 aromatic rings. The first-order valence-corrected chi connectivity index (χ1v) is 10.1. The zero-order valence-corrected chi connectivity index (χ0v) is 16.0. The van der Waals surface area contributed by atoms with Crippen molar-refractivity contribution < 1.29 is 4.79 Å². The van der Waals surface area contributed by atoms with Gasteiger partial charge in [-0.1, -0.05) is 19.3 Å². The molecule has 1 saturated carbocycles. The molecule has 1 amide bonds. The molecule has 0 unspecified atom stereocenters. The van der Waals surface area contributed by atoms with E-state index in [0.717, 1.165) is 48.7 Å². The number of carbonyl (C=O) groups is 1. The molecule has 1 aliphatic carbocycles. The first-order chi connectivity index (χ1) is 12.6. The van der Waals surface area contributed by atoms with E-state index < -0.39 is 0 Å². The van der Waals surface area contributed by atoms with E-state index in [1.54, 1.807) is 0 Å². The molecule has 2 aromatic heterocycles. The lowest BCUT2D eigenvalue weighted by Crippen LogP contribution is -2.37. The summed E-state index contributed by atoms with van der Waals surface area (Å²) in [5.41, 5.74) is 2.92. The van der Waals surface area contributed by atoms with Gasteiger partial charge in [0.2, 0.25) is 5.91 Å². The maximum absolute atomic E-state index is 12.7. The fourth-order valence-electron chi connectivity index (χ4n) is 4.42. The molecule has 0 bridgehead atoms. The zero-order valence-electron chi connectivity index (χ0n) is 16.0. The van der Waals surface area contributed by atoms with Gasteiger partial charge in [0.25, 0.3) is 5.78 Å². The highest BCUT2D eigenvalue weighted by atomic mass is 16.2. The number of aromatic nitrogens is 4. The maximum Gasteiger partial charge on any atom is 0.252 e. The lowest BCUT2D eigenvalue weighted by molar-refractivity contribution is -0.131. The molecular weight excluding hydrogens is 326 g/mol. The van der Waals surface area contributed by atoms with Crippen molar-refractivity contribution >= 4 is 11.7 Å². The van der Waals surface area contributed by atoms with Crippen LogP contribution in [0.5, 0.6) is 0 Å². The van der Waals surface area contributed by atoms with Gasteiger partial charge in [-0.25, -0.2) is 9.50 Å². The van der Waals surface area contributed by atoms with Gasteiger partial charge in [0, 0.05) is 36.0 Å². The number of hydrogen-bond acceptors (Lipinski definition) is 4. The molecule has 6 nitrogen and oxygen atoms in total. The van der Waals surface area contributed by atoms with E-state index in [2.05, 4.69) is 4.98 Å². The van der Waals surface area contributed by atoms with E-state index in [9.17, 15) is 4.79 Å². The summed E-state index contributed by atoms with van der Waals surface area (Å²) >= 11 is 0. The zero-order chi connectivity index (χ0) is 18.1. The molecule has 0 spiro atoms. The number of carbonyl (C=O) groups excluding carboxylic acids is 1. The van der Waals surface area contributed by atoms with Crippen LogP contribution in [-0.2, 0) is 11.2 Å². The highest BCUT2D eigenvalue weighted by molar-refractivity contribution is 5.79. The quantitative estimate of drug-likeness (QED) is 0.847. The average Bonchev–Trinajstić information content (AvgIpc) is 3.10. The molecule has 2 fully saturated rings. The number of rotatable bonds is 3. The van der Waals surface area contributed by atoms with Crippen molar-refractivity contribution in [3.63, 3.8) is 0 Å². The van der Waals surface area contributed by atoms with E-state index in [1.165, 1.54) is 38.5 Å². The Bertz CT molecular complexity index is 800. The molecule has 0 atom stereocenters. The van der Waals surface area contributed by atoms with Crippen molar-refractivity contribution in [3.8, 4) is 0 Å². The third-order valence-electron chi connectivity index (χ3n) is 6.07. The van der Waals surface area contributed by atoms with Gasteiger partial charge in [-0.15, -0.1) is 5.10 Å². The Hall–Kier alpha value is -1.98. The SMILES string of the molecule is Cc1nc2nc(C3CCCCC3)nn2c(C)c1CC(=O)N1CCCCC1. The third-order valence-corrected chi connectivity index (χ3v) is 6.07. The van der Waals surface area contributed by atoms with Gasteiger partial charge in [0.1, 0.15) is 0 Å². The first kappa shape index (κ1) is 17.4. The fourth-order valence-corrected chi connectivity index (χ4v) is 4.42. The van der Waals surface area contributed by atoms with Crippen LogP contribution in [0.2, 0.25) is 0 Å². The topological polar surface area (TPSA) is 63.4 Å². The highest BCUT2D eigenvalue weighted by Gasteiger charge is 2.23. The van der Waals surface area contributed by atoms with Crippen LogP contribution < -0.4 is 0 Å². The minimum Gasteiger partial charge on any atom is -0.342 e. The Balaban J connectivity index is 1.61. The minimum absolute atomic E-state index is 0.213. The normalized spacial score (nSPS) is 19.2. The lowest BCUT2D eigenvalue weighted by Gasteiger charge is -2.27. The molecule has 0 aromatic carbocycles. The summed E-state index contributed by atoms with van der Waals surface area (Å²) in [6.45, 7) is 5.81. The number of amides is 1. The van der Waals surface area contributed by atoms with Crippen LogP contribution in [0.1, 0.15) is 80.1 Å². The predicted molar refractivity (Wildman–Crippen MR) is 100 cm³/mol. The predicted octanol–water partition coefficient (Wildman–Crippen LogP) is 3.34. The van der Waals surface area contributed by atoms with E-state index in [4.69, 9.17) is 10.1 Å². The minimum atomic E-state index is 0.213. The summed E-state index contributed by atoms with van der Waals surface area (Å²) in [5, 5.41) is 4.78. The van der Waals surface area contributed by atoms with Gasteiger partial charge in [0.05, 0.1) is 6.42 Å². The standard InChI is InChI=1S/C20H29N5O/c1-14-17(13-18(26)24-11-7-4-8-12-24)15(2)25-20(21-14)22-19(23-25)16-9-5-3-6-10-16/h16H,3-13H2,1-2H3. The van der Waals surface area contributed by atoms with Crippen molar-refractivity contribution in [2.75, 3.05) is 13.1 Å². The molecule has 4 rings (SSSR count). The van der Waals surface area contributed by atoms with Gasteiger partial charge in [-0.2, -0.15) is 4.98 Å². The summed E-state index contributed by atoms with van der Waals surface area (Å²) in [6, 6.07) is 0. The van der Waals surface area contributed by atoms with E-state index in [1.807, 2.05) is 23.3 Å². The summed E-state index contributed by atoms with van der Waals surface area (Å²) in [5.74, 6) is 2.28. The largest absolute Gasteiger partial charge is 0.342 e. The van der Waals surface area contributed by atoms with Crippen LogP contribution in [0.15, 0.2) is 0 Å². The van der Waals surface area contributed by atoms with Crippen molar-refractivity contribution in [3.05, 3.63) is 22.8 Å². The summed E-state index contributed by atoms with van der Waals surface area (Å²) < 4.78 is 1.86. The Kier molecular flexibility index (Phi) is 4.92. The molecule has 6 heteroatoms. The van der Waals surface area contributed by atoms with Crippen LogP contribution in [0.3, 0.4) is 0 Å². The second-order valence-electron chi connectivity index (χ2n) is 7.90. The van der Waals surface area contributed by atoms with Crippen molar-refractivity contribution in [2.24, 2.45) is 0 Å². The van der Waals surface area contributed by atoms with Crippen molar-refractivity contribution in [1.29, 1.82) is 0 Å². The average molecular weight is 355 g/mol. The molecule has 0 N–H and O–H groups in total. The molecule has 1 aliphatic heterocycles. The molecule has 3 heterocycles. The summed E-state index contributed by atoms with van der Waals surface area (Å²) in [6.07, 6.45) is 10.1. The summed E-state index contributed by atoms with van der Waals surface area (Å²) in [7, 11) is 0. The van der Waals surface area contributed by atoms with E-state index in [0.29, 0.717) is 18.1 Å². The summed E-state index contributed by atoms with van der Waals surface area (Å²) in [4.78, 5) is 24.1. The van der Waals surface area contributed by atoms with Crippen molar-refractivity contribution in [1.82, 2.24) is 24.5 Å². The van der Waals surface area contributed by atoms with Crippen LogP contribution >= 0.6 is 0 Å². The molecular formula is C20H29N5O. The molecule has 0 radical (unpaired) electrons. The Labute approximate surface area is 155 Å². The molecule has 2 aliphatic rings. The van der Waals surface area contributed by atoms with Crippen molar-refractivity contribution in [2.45, 2.75) is 77.6 Å². The van der Waals surface area contributed by atoms with E-state index in [-0.39, 0.29) is 5.91 Å². The number of aryl methyl sites for hydroxylation is 2. The smallest absolute Gasteiger partial charge is 0.252 e. The maximum atomic E-state index is 12.7. The Morgan fingerprint density at radius 1 is 1.00 bits per heavy atom. The Morgan fingerprint density at radius 2 is 1.69 bits per heavy atom. The van der Waals surface area contributed by atoms with Gasteiger partial charge >= 0.3 is 0 Å². The second kappa shape index (κ2) is 7.33. The van der Waals surface area contributed by atoms with Gasteiger partial charge < -0.3 is 4.90 Å². The molecule has 1 saturated heterocycles.